The van der Waals surface area contributed by atoms with Gasteiger partial charge in [0.15, 0.2) is 17.2 Å². The first kappa shape index (κ1) is 28.6. The molecule has 1 saturated carbocycles. The Bertz CT molecular complexity index is 1580. The second kappa shape index (κ2) is 9.31. The minimum Gasteiger partial charge on any atom is -0.508 e. The molecule has 0 radical (unpaired) electrons. The number of para-hydroxylation sites is 1. The fourth-order valence-corrected chi connectivity index (χ4v) is 7.94. The van der Waals surface area contributed by atoms with Crippen molar-refractivity contribution < 1.29 is 39.5 Å². The van der Waals surface area contributed by atoms with Crippen LogP contribution < -0.4 is 4.74 Å². The molecule has 0 aliphatic heterocycles. The SMILES string of the molecule is CCOc1ccccc1-c1ccc(O)c2c1C[C@]1(C)C[C@]3(C)C(C(C)C)C(=O)C(C(C)=O)=C(O)[C@]3(O)C(=O)C1=C2O. The van der Waals surface area contributed by atoms with Crippen LogP contribution in [0.4, 0.5) is 0 Å². The number of aliphatic hydroxyl groups is 3. The number of benzene rings is 2. The highest BCUT2D eigenvalue weighted by molar-refractivity contribution is 6.24. The number of ether oxygens (including phenoxy) is 1. The van der Waals surface area contributed by atoms with Gasteiger partial charge in [-0.2, -0.15) is 0 Å². The Labute approximate surface area is 239 Å². The van der Waals surface area contributed by atoms with Crippen LogP contribution in [0.5, 0.6) is 11.5 Å². The van der Waals surface area contributed by atoms with E-state index in [0.29, 0.717) is 23.5 Å². The van der Waals surface area contributed by atoms with Crippen molar-refractivity contribution in [2.75, 3.05) is 6.61 Å². The summed E-state index contributed by atoms with van der Waals surface area (Å²) < 4.78 is 5.86. The number of phenolic OH excluding ortho intramolecular Hbond substituents is 1. The van der Waals surface area contributed by atoms with Crippen molar-refractivity contribution in [1.29, 1.82) is 0 Å². The lowest BCUT2D eigenvalue weighted by atomic mass is 9.43. The molecule has 0 aromatic heterocycles. The number of phenols is 1. The van der Waals surface area contributed by atoms with Crippen molar-refractivity contribution in [3.8, 4) is 22.6 Å². The van der Waals surface area contributed by atoms with Crippen molar-refractivity contribution in [3.63, 3.8) is 0 Å². The molecule has 1 fully saturated rings. The van der Waals surface area contributed by atoms with Crippen LogP contribution in [0, 0.1) is 22.7 Å². The quantitative estimate of drug-likeness (QED) is 0.363. The van der Waals surface area contributed by atoms with E-state index in [1.807, 2.05) is 31.2 Å². The Hall–Kier alpha value is -3.91. The number of rotatable bonds is 5. The summed E-state index contributed by atoms with van der Waals surface area (Å²) in [5, 5.41) is 46.1. The van der Waals surface area contributed by atoms with Gasteiger partial charge in [0.05, 0.1) is 12.2 Å². The van der Waals surface area contributed by atoms with Crippen LogP contribution in [0.25, 0.3) is 16.9 Å². The molecule has 41 heavy (non-hydrogen) atoms. The number of carbonyl (C=O) groups is 3. The molecular formula is C33H36O8. The lowest BCUT2D eigenvalue weighted by Gasteiger charge is -2.59. The topological polar surface area (TPSA) is 141 Å². The number of hydrogen-bond donors (Lipinski definition) is 4. The fraction of sp³-hybridized carbons (Fsp3) is 0.424. The third kappa shape index (κ3) is 3.66. The standard InChI is InChI=1S/C33H36O8/c1-7-41-22-11-9-8-10-19(22)18-12-13-21(35)24-20(18)14-31(5)15-32(6)25(16(2)3)27(36)23(17(4)34)29(38)33(32,40)30(39)26(31)28(24)37/h8-13,16,25,35,37-38,40H,7,14-15H2,1-6H3/t25?,31-,32-,33+/m1/s1. The number of Topliss-reactive ketones (excluding diaryl/α,β-unsaturated/α-hetero) is 3. The lowest BCUT2D eigenvalue weighted by Crippen LogP contribution is -2.69. The molecule has 1 unspecified atom stereocenters. The smallest absolute Gasteiger partial charge is 0.203 e. The molecule has 3 aliphatic carbocycles. The van der Waals surface area contributed by atoms with Gasteiger partial charge in [-0.3, -0.25) is 14.4 Å². The molecule has 0 spiro atoms. The van der Waals surface area contributed by atoms with Gasteiger partial charge >= 0.3 is 0 Å². The van der Waals surface area contributed by atoms with Crippen LogP contribution in [0.3, 0.4) is 0 Å². The van der Waals surface area contributed by atoms with Crippen molar-refractivity contribution in [1.82, 2.24) is 0 Å². The first-order valence-electron chi connectivity index (χ1n) is 13.9. The number of allylic oxidation sites excluding steroid dienone is 1. The predicted octanol–water partition coefficient (Wildman–Crippen LogP) is 5.26. The largest absolute Gasteiger partial charge is 0.508 e. The monoisotopic (exact) mass is 560 g/mol. The summed E-state index contributed by atoms with van der Waals surface area (Å²) in [5.41, 5.74) is -3.88. The van der Waals surface area contributed by atoms with Gasteiger partial charge < -0.3 is 25.2 Å². The molecule has 5 rings (SSSR count). The molecule has 4 atom stereocenters. The maximum absolute atomic E-state index is 14.4. The Morgan fingerprint density at radius 3 is 2.32 bits per heavy atom. The fourth-order valence-electron chi connectivity index (χ4n) is 7.94. The molecule has 0 heterocycles. The number of fused-ring (bicyclic) bond motifs is 3. The maximum atomic E-state index is 14.4. The zero-order valence-electron chi connectivity index (χ0n) is 24.2. The van der Waals surface area contributed by atoms with Crippen LogP contribution in [0.2, 0.25) is 0 Å². The van der Waals surface area contributed by atoms with Crippen LogP contribution in [0.15, 0.2) is 53.3 Å². The van der Waals surface area contributed by atoms with Gasteiger partial charge in [0.25, 0.3) is 0 Å². The van der Waals surface area contributed by atoms with Crippen LogP contribution in [-0.4, -0.2) is 50.0 Å². The van der Waals surface area contributed by atoms with E-state index < -0.39 is 56.8 Å². The normalized spacial score (nSPS) is 29.3. The first-order chi connectivity index (χ1) is 19.2. The highest BCUT2D eigenvalue weighted by Gasteiger charge is 2.72. The molecule has 4 N–H and O–H groups in total. The van der Waals surface area contributed by atoms with Crippen molar-refractivity contribution >= 4 is 23.1 Å². The number of carbonyl (C=O) groups excluding carboxylic acids is 3. The summed E-state index contributed by atoms with van der Waals surface area (Å²) in [6, 6.07) is 10.6. The molecular weight excluding hydrogens is 524 g/mol. The van der Waals surface area contributed by atoms with Gasteiger partial charge in [-0.15, -0.1) is 0 Å². The molecule has 0 saturated heterocycles. The van der Waals surface area contributed by atoms with E-state index in [2.05, 4.69) is 0 Å². The predicted molar refractivity (Wildman–Crippen MR) is 152 cm³/mol. The molecule has 2 aromatic rings. The van der Waals surface area contributed by atoms with Gasteiger partial charge in [-0.25, -0.2) is 0 Å². The first-order valence-corrected chi connectivity index (χ1v) is 13.9. The van der Waals surface area contributed by atoms with Gasteiger partial charge in [-0.1, -0.05) is 52.0 Å². The second-order valence-corrected chi connectivity index (χ2v) is 12.4. The van der Waals surface area contributed by atoms with Crippen LogP contribution >= 0.6 is 0 Å². The number of ketones is 3. The van der Waals surface area contributed by atoms with E-state index >= 15 is 0 Å². The van der Waals surface area contributed by atoms with E-state index in [0.717, 1.165) is 12.5 Å². The van der Waals surface area contributed by atoms with E-state index in [1.54, 1.807) is 33.8 Å². The number of aromatic hydroxyl groups is 1. The minimum absolute atomic E-state index is 0.0348. The van der Waals surface area contributed by atoms with E-state index in [9.17, 15) is 34.8 Å². The minimum atomic E-state index is -2.63. The molecule has 216 valence electrons. The van der Waals surface area contributed by atoms with E-state index in [4.69, 9.17) is 4.74 Å². The highest BCUT2D eigenvalue weighted by atomic mass is 16.5. The summed E-state index contributed by atoms with van der Waals surface area (Å²) in [7, 11) is 0. The number of hydrogen-bond acceptors (Lipinski definition) is 8. The molecule has 8 nitrogen and oxygen atoms in total. The zero-order chi connectivity index (χ0) is 30.2. The van der Waals surface area contributed by atoms with E-state index in [-0.39, 0.29) is 35.6 Å². The van der Waals surface area contributed by atoms with Crippen molar-refractivity contribution in [2.45, 2.75) is 60.0 Å². The Morgan fingerprint density at radius 1 is 1.05 bits per heavy atom. The maximum Gasteiger partial charge on any atom is 0.203 e. The third-order valence-corrected chi connectivity index (χ3v) is 9.37. The molecule has 2 aromatic carbocycles. The summed E-state index contributed by atoms with van der Waals surface area (Å²) in [4.78, 5) is 40.6. The van der Waals surface area contributed by atoms with Crippen LogP contribution in [0.1, 0.15) is 59.1 Å². The summed E-state index contributed by atoms with van der Waals surface area (Å²) in [5.74, 6) is -4.79. The summed E-state index contributed by atoms with van der Waals surface area (Å²) in [6.07, 6.45) is 0.222. The van der Waals surface area contributed by atoms with Gasteiger partial charge in [0.1, 0.15) is 28.6 Å². The Kier molecular flexibility index (Phi) is 6.50. The Morgan fingerprint density at radius 2 is 1.71 bits per heavy atom. The highest BCUT2D eigenvalue weighted by Crippen LogP contribution is 2.65. The second-order valence-electron chi connectivity index (χ2n) is 12.4. The lowest BCUT2D eigenvalue weighted by molar-refractivity contribution is -0.178. The summed E-state index contributed by atoms with van der Waals surface area (Å²) in [6.45, 7) is 10.4. The molecule has 3 aliphatic rings. The molecule has 0 bridgehead atoms. The zero-order valence-corrected chi connectivity index (χ0v) is 24.2. The average Bonchev–Trinajstić information content (AvgIpc) is 2.86. The Balaban J connectivity index is 1.82. The summed E-state index contributed by atoms with van der Waals surface area (Å²) >= 11 is 0. The van der Waals surface area contributed by atoms with Crippen LogP contribution in [-0.2, 0) is 20.8 Å². The molecule has 0 amide bonds. The van der Waals surface area contributed by atoms with E-state index in [1.165, 1.54) is 6.07 Å². The van der Waals surface area contributed by atoms with Gasteiger partial charge in [0, 0.05) is 27.9 Å². The average molecular weight is 561 g/mol. The van der Waals surface area contributed by atoms with Crippen molar-refractivity contribution in [2.24, 2.45) is 22.7 Å². The number of aliphatic hydroxyl groups excluding tert-OH is 2. The molecule has 8 heteroatoms. The van der Waals surface area contributed by atoms with Crippen molar-refractivity contribution in [3.05, 3.63) is 64.4 Å². The van der Waals surface area contributed by atoms with Gasteiger partial charge in [0.2, 0.25) is 5.78 Å². The van der Waals surface area contributed by atoms with Gasteiger partial charge in [-0.05, 0) is 55.9 Å². The third-order valence-electron chi connectivity index (χ3n) is 9.37.